The van der Waals surface area contributed by atoms with E-state index in [1.165, 1.54) is 31.2 Å². The smallest absolute Gasteiger partial charge is 0.201 e. The average molecular weight is 276 g/mol. The molecule has 2 aliphatic rings. The molecule has 0 radical (unpaired) electrons. The predicted octanol–water partition coefficient (Wildman–Crippen LogP) is 2.42. The van der Waals surface area contributed by atoms with Gasteiger partial charge in [0.05, 0.1) is 0 Å². The summed E-state index contributed by atoms with van der Waals surface area (Å²) in [5, 5.41) is 3.39. The Kier molecular flexibility index (Phi) is 3.48. The van der Waals surface area contributed by atoms with Gasteiger partial charge in [0.25, 0.3) is 0 Å². The summed E-state index contributed by atoms with van der Waals surface area (Å²) < 4.78 is 10.5. The van der Waals surface area contributed by atoms with Crippen LogP contribution in [0.4, 0.5) is 5.82 Å². The zero-order valence-corrected chi connectivity index (χ0v) is 11.9. The third-order valence-electron chi connectivity index (χ3n) is 4.59. The highest BCUT2D eigenvalue weighted by molar-refractivity contribution is 5.79. The van der Waals surface area contributed by atoms with Gasteiger partial charge in [0.15, 0.2) is 6.29 Å². The minimum absolute atomic E-state index is 0.175. The van der Waals surface area contributed by atoms with Gasteiger partial charge in [0.1, 0.15) is 11.5 Å². The van der Waals surface area contributed by atoms with E-state index in [1.807, 2.05) is 6.07 Å². The first kappa shape index (κ1) is 13.5. The fourth-order valence-corrected chi connectivity index (χ4v) is 3.53. The fourth-order valence-electron chi connectivity index (χ4n) is 3.53. The number of aldehydes is 1. The molecule has 0 unspecified atom stereocenters. The summed E-state index contributed by atoms with van der Waals surface area (Å²) in [4.78, 5) is 16.0. The van der Waals surface area contributed by atoms with E-state index in [2.05, 4.69) is 10.3 Å². The van der Waals surface area contributed by atoms with Crippen LogP contribution in [0.1, 0.15) is 53.6 Å². The zero-order valence-electron chi connectivity index (χ0n) is 11.9. The van der Waals surface area contributed by atoms with E-state index in [4.69, 9.17) is 9.47 Å². The molecular formula is C15H20N2O3. The van der Waals surface area contributed by atoms with Gasteiger partial charge in [-0.25, -0.2) is 4.98 Å². The molecule has 1 fully saturated rings. The van der Waals surface area contributed by atoms with E-state index in [0.29, 0.717) is 11.3 Å². The fraction of sp³-hybridized carbons (Fsp3) is 0.600. The Morgan fingerprint density at radius 2 is 2.05 bits per heavy atom. The number of pyridine rings is 1. The number of fused-ring (bicyclic) bond motifs is 2. The summed E-state index contributed by atoms with van der Waals surface area (Å²) in [6, 6.07) is 1.97. The second-order valence-corrected chi connectivity index (χ2v) is 5.62. The van der Waals surface area contributed by atoms with Crippen LogP contribution in [-0.4, -0.2) is 32.0 Å². The van der Waals surface area contributed by atoms with Crippen molar-refractivity contribution in [3.05, 3.63) is 22.9 Å². The number of aromatic nitrogens is 1. The lowest BCUT2D eigenvalue weighted by atomic mass is 9.81. The number of anilines is 1. The van der Waals surface area contributed by atoms with Crippen LogP contribution < -0.4 is 5.32 Å². The topological polar surface area (TPSA) is 60.5 Å². The molecule has 1 aliphatic carbocycles. The number of nitrogens with one attached hydrogen (secondary N) is 1. The van der Waals surface area contributed by atoms with Crippen LogP contribution in [0.25, 0.3) is 0 Å². The van der Waals surface area contributed by atoms with Crippen molar-refractivity contribution < 1.29 is 14.3 Å². The van der Waals surface area contributed by atoms with Gasteiger partial charge >= 0.3 is 0 Å². The average Bonchev–Trinajstić information content (AvgIpc) is 3.09. The quantitative estimate of drug-likeness (QED) is 0.676. The molecule has 108 valence electrons. The van der Waals surface area contributed by atoms with Crippen LogP contribution in [0, 0.1) is 0 Å². The normalized spacial score (nSPS) is 19.4. The van der Waals surface area contributed by atoms with Crippen LogP contribution in [0.5, 0.6) is 0 Å². The van der Waals surface area contributed by atoms with Crippen molar-refractivity contribution in [2.45, 2.75) is 37.4 Å². The standard InChI is InChI=1S/C15H20N2O3/c1-19-14(20-2)12-10(8-18)7-11-13(17-12)16-9-15(11)5-3-4-6-15/h7-8,14H,3-6,9H2,1-2H3,(H,16,17). The molecular weight excluding hydrogens is 256 g/mol. The van der Waals surface area contributed by atoms with Crippen LogP contribution >= 0.6 is 0 Å². The van der Waals surface area contributed by atoms with Crippen LogP contribution in [0.3, 0.4) is 0 Å². The summed E-state index contributed by atoms with van der Waals surface area (Å²) in [5.41, 5.74) is 2.47. The number of hydrogen-bond donors (Lipinski definition) is 1. The lowest BCUT2D eigenvalue weighted by molar-refractivity contribution is -0.108. The number of methoxy groups -OCH3 is 2. The molecule has 0 amide bonds. The highest BCUT2D eigenvalue weighted by atomic mass is 16.7. The van der Waals surface area contributed by atoms with E-state index in [1.54, 1.807) is 14.2 Å². The van der Waals surface area contributed by atoms with E-state index in [0.717, 1.165) is 18.6 Å². The number of carbonyl (C=O) groups is 1. The first-order chi connectivity index (χ1) is 9.74. The second kappa shape index (κ2) is 5.14. The van der Waals surface area contributed by atoms with Crippen LogP contribution in [0.15, 0.2) is 6.07 Å². The molecule has 2 heterocycles. The Morgan fingerprint density at radius 3 is 2.65 bits per heavy atom. The van der Waals surface area contributed by atoms with Gasteiger partial charge in [0, 0.05) is 37.3 Å². The lowest BCUT2D eigenvalue weighted by Gasteiger charge is -2.23. The maximum atomic E-state index is 11.4. The third kappa shape index (κ3) is 1.93. The predicted molar refractivity (Wildman–Crippen MR) is 75.0 cm³/mol. The monoisotopic (exact) mass is 276 g/mol. The Hall–Kier alpha value is -1.46. The first-order valence-corrected chi connectivity index (χ1v) is 7.04. The van der Waals surface area contributed by atoms with E-state index in [9.17, 15) is 4.79 Å². The number of hydrogen-bond acceptors (Lipinski definition) is 5. The lowest BCUT2D eigenvalue weighted by Crippen LogP contribution is -2.24. The molecule has 1 N–H and O–H groups in total. The van der Waals surface area contributed by atoms with Crippen molar-refractivity contribution in [1.82, 2.24) is 4.98 Å². The van der Waals surface area contributed by atoms with Gasteiger partial charge in [-0.1, -0.05) is 12.8 Å². The Balaban J connectivity index is 2.07. The van der Waals surface area contributed by atoms with Crippen molar-refractivity contribution in [1.29, 1.82) is 0 Å². The molecule has 1 aromatic rings. The van der Waals surface area contributed by atoms with E-state index < -0.39 is 6.29 Å². The molecule has 3 rings (SSSR count). The number of rotatable bonds is 4. The number of ether oxygens (including phenoxy) is 2. The van der Waals surface area contributed by atoms with Gasteiger partial charge in [-0.05, 0) is 18.9 Å². The molecule has 0 aromatic carbocycles. The molecule has 1 aromatic heterocycles. The molecule has 1 saturated carbocycles. The molecule has 1 aliphatic heterocycles. The maximum absolute atomic E-state index is 11.4. The van der Waals surface area contributed by atoms with Gasteiger partial charge in [0.2, 0.25) is 6.29 Å². The molecule has 20 heavy (non-hydrogen) atoms. The van der Waals surface area contributed by atoms with Gasteiger partial charge in [-0.3, -0.25) is 4.79 Å². The Bertz CT molecular complexity index is 520. The summed E-state index contributed by atoms with van der Waals surface area (Å²) >= 11 is 0. The van der Waals surface area contributed by atoms with Crippen LogP contribution in [-0.2, 0) is 14.9 Å². The maximum Gasteiger partial charge on any atom is 0.201 e. The summed E-state index contributed by atoms with van der Waals surface area (Å²) in [6.45, 7) is 0.918. The minimum atomic E-state index is -0.609. The van der Waals surface area contributed by atoms with Crippen molar-refractivity contribution >= 4 is 12.1 Å². The minimum Gasteiger partial charge on any atom is -0.369 e. The van der Waals surface area contributed by atoms with Crippen molar-refractivity contribution in [2.75, 3.05) is 26.1 Å². The Morgan fingerprint density at radius 1 is 1.35 bits per heavy atom. The summed E-state index contributed by atoms with van der Waals surface area (Å²) in [6.07, 6.45) is 5.07. The number of nitrogens with zero attached hydrogens (tertiary/aromatic N) is 1. The zero-order chi connectivity index (χ0) is 14.2. The highest BCUT2D eigenvalue weighted by Gasteiger charge is 2.42. The van der Waals surface area contributed by atoms with E-state index in [-0.39, 0.29) is 5.41 Å². The molecule has 5 nitrogen and oxygen atoms in total. The molecule has 0 atom stereocenters. The summed E-state index contributed by atoms with van der Waals surface area (Å²) in [7, 11) is 3.09. The SMILES string of the molecule is COC(OC)c1nc2c(cc1C=O)C1(CCCC1)CN2. The van der Waals surface area contributed by atoms with Gasteiger partial charge in [-0.15, -0.1) is 0 Å². The second-order valence-electron chi connectivity index (χ2n) is 5.62. The first-order valence-electron chi connectivity index (χ1n) is 7.04. The molecule has 0 saturated heterocycles. The highest BCUT2D eigenvalue weighted by Crippen LogP contribution is 2.47. The van der Waals surface area contributed by atoms with Gasteiger partial charge < -0.3 is 14.8 Å². The van der Waals surface area contributed by atoms with Crippen molar-refractivity contribution in [3.63, 3.8) is 0 Å². The molecule has 5 heteroatoms. The van der Waals surface area contributed by atoms with Crippen molar-refractivity contribution in [3.8, 4) is 0 Å². The molecule has 1 spiro atoms. The number of carbonyl (C=O) groups excluding carboxylic acids is 1. The Labute approximate surface area is 118 Å². The largest absolute Gasteiger partial charge is 0.369 e. The molecule has 0 bridgehead atoms. The van der Waals surface area contributed by atoms with E-state index >= 15 is 0 Å². The third-order valence-corrected chi connectivity index (χ3v) is 4.59. The van der Waals surface area contributed by atoms with Gasteiger partial charge in [-0.2, -0.15) is 0 Å². The summed E-state index contributed by atoms with van der Waals surface area (Å²) in [5.74, 6) is 0.881. The van der Waals surface area contributed by atoms with Crippen LogP contribution in [0.2, 0.25) is 0 Å². The van der Waals surface area contributed by atoms with Crippen molar-refractivity contribution in [2.24, 2.45) is 0 Å².